The summed E-state index contributed by atoms with van der Waals surface area (Å²) in [6, 6.07) is 1.73. The van der Waals surface area contributed by atoms with Gasteiger partial charge in [0.25, 0.3) is 5.91 Å². The Morgan fingerprint density at radius 1 is 1.04 bits per heavy atom. The molecule has 0 saturated heterocycles. The molecule has 0 radical (unpaired) electrons. The summed E-state index contributed by atoms with van der Waals surface area (Å²) in [6.45, 7) is 1.63. The number of amides is 1. The summed E-state index contributed by atoms with van der Waals surface area (Å²) < 4.78 is 38.4. The Balaban J connectivity index is 1.85. The number of carbonyl (C=O) groups excluding carboxylic acids is 1. The van der Waals surface area contributed by atoms with E-state index in [1.165, 1.54) is 12.4 Å². The van der Waals surface area contributed by atoms with Gasteiger partial charge in [0.2, 0.25) is 0 Å². The molecule has 0 spiro atoms. The van der Waals surface area contributed by atoms with Crippen LogP contribution in [0, 0.1) is 0 Å². The molecule has 10 heteroatoms. The maximum absolute atomic E-state index is 12.8. The second-order valence-corrected chi connectivity index (χ2v) is 5.52. The van der Waals surface area contributed by atoms with E-state index in [-0.39, 0.29) is 5.56 Å². The maximum atomic E-state index is 12.8. The van der Waals surface area contributed by atoms with Gasteiger partial charge in [-0.3, -0.25) is 14.8 Å². The molecule has 7 nitrogen and oxygen atoms in total. The van der Waals surface area contributed by atoms with Crippen LogP contribution < -0.4 is 5.32 Å². The highest BCUT2D eigenvalue weighted by Gasteiger charge is 2.31. The molecule has 1 N–H and O–H groups in total. The zero-order valence-corrected chi connectivity index (χ0v) is 14.0. The van der Waals surface area contributed by atoms with Crippen LogP contribution in [-0.2, 0) is 6.18 Å². The second-order valence-electron chi connectivity index (χ2n) is 5.52. The first kappa shape index (κ1) is 18.4. The zero-order chi connectivity index (χ0) is 19.4. The van der Waals surface area contributed by atoms with E-state index in [1.807, 2.05) is 0 Å². The molecular formula is C17H13F3N6O. The topological polar surface area (TPSA) is 93.6 Å². The van der Waals surface area contributed by atoms with Gasteiger partial charge in [0, 0.05) is 37.2 Å². The van der Waals surface area contributed by atoms with Gasteiger partial charge in [-0.2, -0.15) is 13.2 Å². The summed E-state index contributed by atoms with van der Waals surface area (Å²) in [6.07, 6.45) is 3.12. The molecule has 27 heavy (non-hydrogen) atoms. The molecule has 0 saturated carbocycles. The van der Waals surface area contributed by atoms with Crippen molar-refractivity contribution in [2.75, 3.05) is 0 Å². The normalized spacial score (nSPS) is 12.4. The monoisotopic (exact) mass is 374 g/mol. The lowest BCUT2D eigenvalue weighted by Crippen LogP contribution is -2.28. The molecular weight excluding hydrogens is 361 g/mol. The van der Waals surface area contributed by atoms with Crippen molar-refractivity contribution in [3.8, 4) is 11.5 Å². The number of nitrogens with zero attached hydrogens (tertiary/aromatic N) is 5. The van der Waals surface area contributed by atoms with Crippen LogP contribution in [0.4, 0.5) is 13.2 Å². The number of hydrogen-bond acceptors (Lipinski definition) is 6. The summed E-state index contributed by atoms with van der Waals surface area (Å²) in [4.78, 5) is 32.5. The number of nitrogens with one attached hydrogen (secondary N) is 1. The van der Waals surface area contributed by atoms with Gasteiger partial charge in [-0.15, -0.1) is 0 Å². The first-order valence-corrected chi connectivity index (χ1v) is 7.77. The number of rotatable bonds is 4. The van der Waals surface area contributed by atoms with Crippen LogP contribution in [0.5, 0.6) is 0 Å². The van der Waals surface area contributed by atoms with Crippen LogP contribution in [-0.4, -0.2) is 30.8 Å². The molecule has 3 aromatic rings. The van der Waals surface area contributed by atoms with Gasteiger partial charge in [-0.1, -0.05) is 0 Å². The number of alkyl halides is 3. The Morgan fingerprint density at radius 2 is 1.74 bits per heavy atom. The van der Waals surface area contributed by atoms with E-state index < -0.39 is 23.7 Å². The van der Waals surface area contributed by atoms with Crippen LogP contribution in [0.15, 0.2) is 49.3 Å². The molecule has 3 heterocycles. The van der Waals surface area contributed by atoms with Gasteiger partial charge in [0.05, 0.1) is 22.9 Å². The van der Waals surface area contributed by atoms with Crippen molar-refractivity contribution in [1.29, 1.82) is 0 Å². The number of hydrogen-bond donors (Lipinski definition) is 1. The minimum atomic E-state index is -4.59. The SMILES string of the molecule is C[C@@H](NC(=O)c1cncc(C(F)(F)F)c1)c1nccnc1-c1ncccn1. The van der Waals surface area contributed by atoms with E-state index in [9.17, 15) is 18.0 Å². The van der Waals surface area contributed by atoms with Crippen molar-refractivity contribution in [1.82, 2.24) is 30.2 Å². The molecule has 0 aliphatic carbocycles. The Morgan fingerprint density at radius 3 is 2.44 bits per heavy atom. The van der Waals surface area contributed by atoms with Gasteiger partial charge in [-0.25, -0.2) is 15.0 Å². The van der Waals surface area contributed by atoms with E-state index >= 15 is 0 Å². The predicted molar refractivity (Wildman–Crippen MR) is 88.2 cm³/mol. The highest BCUT2D eigenvalue weighted by Crippen LogP contribution is 2.29. The van der Waals surface area contributed by atoms with Gasteiger partial charge in [0.1, 0.15) is 5.69 Å². The molecule has 0 unspecified atom stereocenters. The van der Waals surface area contributed by atoms with Gasteiger partial charge in [-0.05, 0) is 19.1 Å². The van der Waals surface area contributed by atoms with Crippen LogP contribution in [0.2, 0.25) is 0 Å². The highest BCUT2D eigenvalue weighted by molar-refractivity contribution is 5.94. The van der Waals surface area contributed by atoms with E-state index in [0.717, 1.165) is 12.3 Å². The molecule has 0 aliphatic rings. The highest BCUT2D eigenvalue weighted by atomic mass is 19.4. The number of pyridine rings is 1. The molecule has 138 valence electrons. The van der Waals surface area contributed by atoms with Crippen molar-refractivity contribution >= 4 is 5.91 Å². The fourth-order valence-electron chi connectivity index (χ4n) is 2.33. The third-order valence-electron chi connectivity index (χ3n) is 3.59. The quantitative estimate of drug-likeness (QED) is 0.755. The fourth-order valence-corrected chi connectivity index (χ4v) is 2.33. The molecule has 0 aromatic carbocycles. The average molecular weight is 374 g/mol. The molecule has 0 bridgehead atoms. The number of halogens is 3. The Bertz CT molecular complexity index is 949. The lowest BCUT2D eigenvalue weighted by molar-refractivity contribution is -0.137. The minimum Gasteiger partial charge on any atom is -0.344 e. The third kappa shape index (κ3) is 4.22. The Kier molecular flexibility index (Phi) is 5.06. The molecule has 0 aliphatic heterocycles. The van der Waals surface area contributed by atoms with Crippen molar-refractivity contribution in [2.24, 2.45) is 0 Å². The van der Waals surface area contributed by atoms with E-state index in [1.54, 1.807) is 25.4 Å². The van der Waals surface area contributed by atoms with E-state index in [2.05, 4.69) is 30.2 Å². The van der Waals surface area contributed by atoms with Crippen LogP contribution in [0.3, 0.4) is 0 Å². The average Bonchev–Trinajstić information content (AvgIpc) is 2.68. The smallest absolute Gasteiger partial charge is 0.344 e. The minimum absolute atomic E-state index is 0.210. The maximum Gasteiger partial charge on any atom is 0.417 e. The van der Waals surface area contributed by atoms with E-state index in [0.29, 0.717) is 23.4 Å². The second kappa shape index (κ2) is 7.44. The molecule has 1 atom stereocenters. The largest absolute Gasteiger partial charge is 0.417 e. The molecule has 1 amide bonds. The molecule has 3 rings (SSSR count). The molecule has 3 aromatic heterocycles. The summed E-state index contributed by atoms with van der Waals surface area (Å²) in [5, 5.41) is 2.60. The van der Waals surface area contributed by atoms with Gasteiger partial charge in [0.15, 0.2) is 5.82 Å². The van der Waals surface area contributed by atoms with Crippen molar-refractivity contribution < 1.29 is 18.0 Å². The van der Waals surface area contributed by atoms with E-state index in [4.69, 9.17) is 0 Å². The van der Waals surface area contributed by atoms with Crippen LogP contribution >= 0.6 is 0 Å². The lowest BCUT2D eigenvalue weighted by Gasteiger charge is -2.16. The number of aromatic nitrogens is 5. The number of carbonyl (C=O) groups is 1. The van der Waals surface area contributed by atoms with Crippen molar-refractivity contribution in [3.63, 3.8) is 0 Å². The summed E-state index contributed by atoms with van der Waals surface area (Å²) in [7, 11) is 0. The first-order chi connectivity index (χ1) is 12.9. The standard InChI is InChI=1S/C17H13F3N6O/c1-10(13-14(23-6-5-22-13)15-24-3-2-4-25-15)26-16(27)11-7-12(9-21-8-11)17(18,19)20/h2-10H,1H3,(H,26,27)/t10-/m1/s1. The van der Waals surface area contributed by atoms with Crippen LogP contribution in [0.1, 0.15) is 34.6 Å². The molecule has 0 fully saturated rings. The Hall–Kier alpha value is -3.43. The predicted octanol–water partition coefficient (Wildman–Crippen LogP) is 2.84. The van der Waals surface area contributed by atoms with Gasteiger partial charge >= 0.3 is 6.18 Å². The first-order valence-electron chi connectivity index (χ1n) is 7.77. The van der Waals surface area contributed by atoms with Gasteiger partial charge < -0.3 is 5.32 Å². The summed E-state index contributed by atoms with van der Waals surface area (Å²) >= 11 is 0. The summed E-state index contributed by atoms with van der Waals surface area (Å²) in [5.41, 5.74) is -0.455. The van der Waals surface area contributed by atoms with Crippen molar-refractivity contribution in [2.45, 2.75) is 19.1 Å². The lowest BCUT2D eigenvalue weighted by atomic mass is 10.1. The Labute approximate surface area is 151 Å². The third-order valence-corrected chi connectivity index (χ3v) is 3.59. The zero-order valence-electron chi connectivity index (χ0n) is 14.0. The fraction of sp³-hybridized carbons (Fsp3) is 0.176. The van der Waals surface area contributed by atoms with Crippen LogP contribution in [0.25, 0.3) is 11.5 Å². The van der Waals surface area contributed by atoms with Crippen molar-refractivity contribution in [3.05, 3.63) is 66.1 Å². The summed E-state index contributed by atoms with van der Waals surface area (Å²) in [5.74, 6) is -0.394.